The molecule has 0 N–H and O–H groups in total. The minimum atomic E-state index is 0.631. The molecule has 1 aliphatic rings. The highest BCUT2D eigenvalue weighted by Crippen LogP contribution is 2.41. The maximum absolute atomic E-state index is 6.58. The quantitative estimate of drug-likeness (QED) is 0.213. The Morgan fingerprint density at radius 2 is 1.12 bits per heavy atom. The normalized spacial score (nSPS) is 13.0. The molecule has 204 valence electrons. The summed E-state index contributed by atoms with van der Waals surface area (Å²) < 4.78 is 6.58. The van der Waals surface area contributed by atoms with Crippen LogP contribution >= 0.6 is 0 Å². The number of hydrogen-bond acceptors (Lipinski definition) is 4. The van der Waals surface area contributed by atoms with E-state index >= 15 is 0 Å². The van der Waals surface area contributed by atoms with Crippen LogP contribution in [0, 0.1) is 0 Å². The summed E-state index contributed by atoms with van der Waals surface area (Å²) >= 11 is 0. The number of fused-ring (bicyclic) bond motifs is 3. The minimum Gasteiger partial charge on any atom is -0.455 e. The SMILES string of the molecule is C1=CC(c2nc(-c3ccccc3)nc(-c3ccc(-c4ccc(-c5ccccc5)cc4)c4oc5ccccc5c34)n2)=CCC1. The van der Waals surface area contributed by atoms with E-state index in [0.717, 1.165) is 62.6 Å². The molecule has 0 atom stereocenters. The van der Waals surface area contributed by atoms with Gasteiger partial charge in [-0.15, -0.1) is 0 Å². The molecule has 1 aliphatic carbocycles. The zero-order valence-corrected chi connectivity index (χ0v) is 23.4. The lowest BCUT2D eigenvalue weighted by Crippen LogP contribution is -2.03. The van der Waals surface area contributed by atoms with Gasteiger partial charge in [-0.05, 0) is 47.7 Å². The van der Waals surface area contributed by atoms with Crippen molar-refractivity contribution in [3.63, 3.8) is 0 Å². The molecule has 8 rings (SSSR count). The topological polar surface area (TPSA) is 51.8 Å². The summed E-state index contributed by atoms with van der Waals surface area (Å²) in [7, 11) is 0. The standard InChI is InChI=1S/C39H27N3O/c1-4-12-26(13-5-1)27-20-22-28(23-21-27)31-24-25-33(35-32-18-10-11-19-34(32)43-36(31)35)39-41-37(29-14-6-2-7-15-29)40-38(42-39)30-16-8-3-9-17-30/h1-2,4-8,10-25H,3,9H2. The van der Waals surface area contributed by atoms with Crippen molar-refractivity contribution < 1.29 is 4.42 Å². The molecule has 0 aliphatic heterocycles. The first-order valence-corrected chi connectivity index (χ1v) is 14.6. The minimum absolute atomic E-state index is 0.631. The van der Waals surface area contributed by atoms with Crippen LogP contribution in [0.4, 0.5) is 0 Å². The lowest BCUT2D eigenvalue weighted by molar-refractivity contribution is 0.670. The number of para-hydroxylation sites is 1. The second kappa shape index (κ2) is 10.7. The van der Waals surface area contributed by atoms with Gasteiger partial charge in [0.1, 0.15) is 11.2 Å². The van der Waals surface area contributed by atoms with E-state index in [1.807, 2.05) is 54.6 Å². The van der Waals surface area contributed by atoms with E-state index in [0.29, 0.717) is 17.5 Å². The molecule has 0 amide bonds. The average Bonchev–Trinajstić information content (AvgIpc) is 3.49. The average molecular weight is 554 g/mol. The predicted octanol–water partition coefficient (Wildman–Crippen LogP) is 10.2. The third-order valence-corrected chi connectivity index (χ3v) is 7.99. The lowest BCUT2D eigenvalue weighted by Gasteiger charge is -2.12. The molecule has 0 radical (unpaired) electrons. The van der Waals surface area contributed by atoms with Crippen LogP contribution in [0.1, 0.15) is 18.7 Å². The van der Waals surface area contributed by atoms with Crippen molar-refractivity contribution in [2.75, 3.05) is 0 Å². The summed E-state index contributed by atoms with van der Waals surface area (Å²) in [5.74, 6) is 1.97. The molecular formula is C39H27N3O. The van der Waals surface area contributed by atoms with Crippen LogP contribution in [0.25, 0.3) is 72.5 Å². The Kier molecular flexibility index (Phi) is 6.23. The Bertz CT molecular complexity index is 2160. The van der Waals surface area contributed by atoms with Crippen molar-refractivity contribution in [3.8, 4) is 45.0 Å². The Labute approximate surface area is 249 Å². The van der Waals surface area contributed by atoms with Crippen LogP contribution in [0.5, 0.6) is 0 Å². The number of aromatic nitrogens is 3. The van der Waals surface area contributed by atoms with E-state index in [1.165, 1.54) is 11.1 Å². The van der Waals surface area contributed by atoms with Crippen molar-refractivity contribution in [2.45, 2.75) is 12.8 Å². The third kappa shape index (κ3) is 4.63. The van der Waals surface area contributed by atoms with E-state index in [2.05, 4.69) is 85.0 Å². The molecule has 0 spiro atoms. The zero-order valence-electron chi connectivity index (χ0n) is 23.4. The van der Waals surface area contributed by atoms with Gasteiger partial charge in [-0.25, -0.2) is 15.0 Å². The highest BCUT2D eigenvalue weighted by atomic mass is 16.3. The van der Waals surface area contributed by atoms with Gasteiger partial charge in [0.05, 0.1) is 0 Å². The van der Waals surface area contributed by atoms with Crippen molar-refractivity contribution in [1.82, 2.24) is 15.0 Å². The predicted molar refractivity (Wildman–Crippen MR) is 175 cm³/mol. The van der Waals surface area contributed by atoms with Gasteiger partial charge in [0.2, 0.25) is 0 Å². The Morgan fingerprint density at radius 3 is 1.88 bits per heavy atom. The second-order valence-electron chi connectivity index (χ2n) is 10.7. The van der Waals surface area contributed by atoms with E-state index in [1.54, 1.807) is 0 Å². The summed E-state index contributed by atoms with van der Waals surface area (Å²) in [4.78, 5) is 15.0. The van der Waals surface area contributed by atoms with Crippen LogP contribution in [0.2, 0.25) is 0 Å². The number of benzene rings is 5. The van der Waals surface area contributed by atoms with Gasteiger partial charge in [0.25, 0.3) is 0 Å². The highest BCUT2D eigenvalue weighted by molar-refractivity contribution is 6.15. The fourth-order valence-electron chi connectivity index (χ4n) is 5.84. The van der Waals surface area contributed by atoms with E-state index in [-0.39, 0.29) is 0 Å². The molecule has 0 bridgehead atoms. The number of furan rings is 1. The molecule has 4 nitrogen and oxygen atoms in total. The van der Waals surface area contributed by atoms with Gasteiger partial charge in [-0.3, -0.25) is 0 Å². The van der Waals surface area contributed by atoms with Gasteiger partial charge >= 0.3 is 0 Å². The highest BCUT2D eigenvalue weighted by Gasteiger charge is 2.21. The maximum atomic E-state index is 6.58. The fraction of sp³-hybridized carbons (Fsp3) is 0.0513. The summed E-state index contributed by atoms with van der Waals surface area (Å²) in [5, 5.41) is 2.04. The van der Waals surface area contributed by atoms with Crippen LogP contribution in [-0.2, 0) is 0 Å². The smallest absolute Gasteiger partial charge is 0.164 e. The third-order valence-electron chi connectivity index (χ3n) is 7.99. The van der Waals surface area contributed by atoms with Gasteiger partial charge in [0.15, 0.2) is 17.5 Å². The fourth-order valence-corrected chi connectivity index (χ4v) is 5.84. The summed E-state index contributed by atoms with van der Waals surface area (Å²) in [5.41, 5.74) is 9.06. The molecule has 5 aromatic carbocycles. The van der Waals surface area contributed by atoms with Crippen molar-refractivity contribution in [2.24, 2.45) is 0 Å². The summed E-state index contributed by atoms with van der Waals surface area (Å²) in [6.45, 7) is 0. The molecular weight excluding hydrogens is 526 g/mol. The number of rotatable bonds is 5. The monoisotopic (exact) mass is 553 g/mol. The van der Waals surface area contributed by atoms with Gasteiger partial charge in [-0.1, -0.05) is 121 Å². The maximum Gasteiger partial charge on any atom is 0.164 e. The van der Waals surface area contributed by atoms with E-state index < -0.39 is 0 Å². The van der Waals surface area contributed by atoms with Crippen molar-refractivity contribution >= 4 is 27.5 Å². The molecule has 0 saturated carbocycles. The molecule has 0 fully saturated rings. The molecule has 0 saturated heterocycles. The van der Waals surface area contributed by atoms with Crippen LogP contribution in [0.3, 0.4) is 0 Å². The van der Waals surface area contributed by atoms with Crippen LogP contribution in [-0.4, -0.2) is 15.0 Å². The van der Waals surface area contributed by atoms with Crippen molar-refractivity contribution in [1.29, 1.82) is 0 Å². The van der Waals surface area contributed by atoms with E-state index in [4.69, 9.17) is 19.4 Å². The second-order valence-corrected chi connectivity index (χ2v) is 10.7. The zero-order chi connectivity index (χ0) is 28.6. The molecule has 0 unspecified atom stereocenters. The molecule has 43 heavy (non-hydrogen) atoms. The first-order chi connectivity index (χ1) is 21.3. The number of nitrogens with zero attached hydrogens (tertiary/aromatic N) is 3. The Balaban J connectivity index is 1.33. The van der Waals surface area contributed by atoms with Gasteiger partial charge < -0.3 is 4.42 Å². The van der Waals surface area contributed by atoms with Gasteiger partial charge in [-0.2, -0.15) is 0 Å². The van der Waals surface area contributed by atoms with Crippen LogP contribution < -0.4 is 0 Å². The first kappa shape index (κ1) is 25.1. The van der Waals surface area contributed by atoms with Crippen molar-refractivity contribution in [3.05, 3.63) is 145 Å². The van der Waals surface area contributed by atoms with E-state index in [9.17, 15) is 0 Å². The number of allylic oxidation sites excluding steroid dienone is 4. The Hall–Kier alpha value is -5.61. The van der Waals surface area contributed by atoms with Gasteiger partial charge in [0, 0.05) is 33.0 Å². The summed E-state index contributed by atoms with van der Waals surface area (Å²) in [6, 6.07) is 41.7. The molecule has 2 heterocycles. The lowest BCUT2D eigenvalue weighted by atomic mass is 9.96. The molecule has 7 aromatic rings. The molecule has 2 aromatic heterocycles. The summed E-state index contributed by atoms with van der Waals surface area (Å²) in [6.07, 6.45) is 8.51. The Morgan fingerprint density at radius 1 is 0.488 bits per heavy atom. The largest absolute Gasteiger partial charge is 0.455 e. The van der Waals surface area contributed by atoms with Crippen LogP contribution in [0.15, 0.2) is 144 Å². The number of hydrogen-bond donors (Lipinski definition) is 0. The molecule has 4 heteroatoms. The first-order valence-electron chi connectivity index (χ1n) is 14.6.